The van der Waals surface area contributed by atoms with E-state index in [9.17, 15) is 8.42 Å². The van der Waals surface area contributed by atoms with E-state index in [1.54, 1.807) is 6.92 Å². The average molecular weight is 290 g/mol. The van der Waals surface area contributed by atoms with Gasteiger partial charge in [-0.2, -0.15) is 0 Å². The number of nitrogens with one attached hydrogen (secondary N) is 1. The number of piperazine rings is 1. The van der Waals surface area contributed by atoms with Crippen molar-refractivity contribution in [2.75, 3.05) is 31.1 Å². The molecule has 5 heteroatoms. The summed E-state index contributed by atoms with van der Waals surface area (Å²) in [5.74, 6) is 0.506. The highest BCUT2D eigenvalue weighted by atomic mass is 32.2. The third-order valence-electron chi connectivity index (χ3n) is 4.20. The molecule has 19 heavy (non-hydrogen) atoms. The molecule has 1 aliphatic rings. The Morgan fingerprint density at radius 3 is 2.37 bits per heavy atom. The second kappa shape index (κ2) is 5.70. The Balaban J connectivity index is 2.72. The lowest BCUT2D eigenvalue weighted by atomic mass is 9.83. The first-order chi connectivity index (χ1) is 8.48. The minimum Gasteiger partial charge on any atom is -0.310 e. The molecule has 114 valence electrons. The molecule has 0 aromatic heterocycles. The summed E-state index contributed by atoms with van der Waals surface area (Å²) in [5.41, 5.74) is 0.212. The molecule has 1 atom stereocenters. The highest BCUT2D eigenvalue weighted by Gasteiger charge is 2.38. The van der Waals surface area contributed by atoms with Crippen molar-refractivity contribution in [1.29, 1.82) is 0 Å². The molecule has 4 nitrogen and oxygen atoms in total. The largest absolute Gasteiger partial charge is 0.310 e. The van der Waals surface area contributed by atoms with Crippen molar-refractivity contribution >= 4 is 9.84 Å². The lowest BCUT2D eigenvalue weighted by molar-refractivity contribution is 0.0412. The molecule has 1 aliphatic heterocycles. The molecule has 1 rings (SSSR count). The van der Waals surface area contributed by atoms with E-state index in [1.807, 2.05) is 0 Å². The van der Waals surface area contributed by atoms with Crippen molar-refractivity contribution in [3.8, 4) is 0 Å². The van der Waals surface area contributed by atoms with Gasteiger partial charge in [0.05, 0.1) is 5.75 Å². The Morgan fingerprint density at radius 1 is 1.32 bits per heavy atom. The molecule has 0 aromatic rings. The van der Waals surface area contributed by atoms with Gasteiger partial charge < -0.3 is 5.32 Å². The first kappa shape index (κ1) is 16.9. The summed E-state index contributed by atoms with van der Waals surface area (Å²) >= 11 is 0. The fraction of sp³-hybridized carbons (Fsp3) is 1.00. The Bertz CT molecular complexity index is 396. The van der Waals surface area contributed by atoms with Crippen molar-refractivity contribution in [2.24, 2.45) is 5.41 Å². The number of hydrogen-bond acceptors (Lipinski definition) is 4. The van der Waals surface area contributed by atoms with Gasteiger partial charge in [-0.05, 0) is 19.3 Å². The van der Waals surface area contributed by atoms with Crippen LogP contribution in [-0.2, 0) is 9.84 Å². The van der Waals surface area contributed by atoms with Gasteiger partial charge in [-0.25, -0.2) is 8.42 Å². The fourth-order valence-corrected chi connectivity index (χ4v) is 3.17. The van der Waals surface area contributed by atoms with Crippen LogP contribution in [-0.4, -0.2) is 56.0 Å². The van der Waals surface area contributed by atoms with Gasteiger partial charge in [-0.3, -0.25) is 4.90 Å². The third kappa shape index (κ3) is 4.72. The average Bonchev–Trinajstić information content (AvgIpc) is 2.25. The number of hydrogen-bond donors (Lipinski definition) is 1. The summed E-state index contributed by atoms with van der Waals surface area (Å²) in [7, 11) is -2.88. The predicted octanol–water partition coefficient (Wildman–Crippen LogP) is 1.52. The van der Waals surface area contributed by atoms with Crippen LogP contribution in [0, 0.1) is 5.41 Å². The van der Waals surface area contributed by atoms with Crippen LogP contribution in [0.3, 0.4) is 0 Å². The van der Waals surface area contributed by atoms with Crippen LogP contribution >= 0.6 is 0 Å². The zero-order valence-electron chi connectivity index (χ0n) is 13.3. The normalized spacial score (nSPS) is 25.5. The second-order valence-electron chi connectivity index (χ2n) is 7.29. The van der Waals surface area contributed by atoms with Gasteiger partial charge in [0, 0.05) is 37.0 Å². The van der Waals surface area contributed by atoms with Crippen LogP contribution in [0.5, 0.6) is 0 Å². The molecule has 1 heterocycles. The van der Waals surface area contributed by atoms with Crippen LogP contribution in [0.4, 0.5) is 0 Å². The van der Waals surface area contributed by atoms with Crippen LogP contribution in [0.1, 0.15) is 41.5 Å². The first-order valence-electron chi connectivity index (χ1n) is 7.17. The minimum absolute atomic E-state index is 0.0189. The van der Waals surface area contributed by atoms with Crippen LogP contribution < -0.4 is 5.32 Å². The van der Waals surface area contributed by atoms with E-state index in [0.717, 1.165) is 13.1 Å². The molecule has 0 saturated carbocycles. The van der Waals surface area contributed by atoms with E-state index in [-0.39, 0.29) is 22.5 Å². The van der Waals surface area contributed by atoms with E-state index >= 15 is 0 Å². The molecular weight excluding hydrogens is 260 g/mol. The first-order valence-corrected chi connectivity index (χ1v) is 8.99. The number of nitrogens with zero attached hydrogens (tertiary/aromatic N) is 1. The Labute approximate surface area is 118 Å². The van der Waals surface area contributed by atoms with Gasteiger partial charge in [0.25, 0.3) is 0 Å². The molecule has 0 bridgehead atoms. The molecule has 1 fully saturated rings. The monoisotopic (exact) mass is 290 g/mol. The van der Waals surface area contributed by atoms with Gasteiger partial charge >= 0.3 is 0 Å². The summed E-state index contributed by atoms with van der Waals surface area (Å²) in [6.07, 6.45) is 0. The SMILES string of the molecule is CCS(=O)(=O)CCN1CC(C(C)(C)C)NCC1(C)C. The molecular formula is C14H30N2O2S. The minimum atomic E-state index is -2.88. The van der Waals surface area contributed by atoms with Crippen LogP contribution in [0.25, 0.3) is 0 Å². The van der Waals surface area contributed by atoms with Crippen molar-refractivity contribution in [1.82, 2.24) is 10.2 Å². The molecule has 0 radical (unpaired) electrons. The van der Waals surface area contributed by atoms with E-state index in [4.69, 9.17) is 0 Å². The number of rotatable bonds is 4. The van der Waals surface area contributed by atoms with Crippen molar-refractivity contribution in [3.63, 3.8) is 0 Å². The fourth-order valence-electron chi connectivity index (χ4n) is 2.38. The van der Waals surface area contributed by atoms with Crippen LogP contribution in [0.2, 0.25) is 0 Å². The van der Waals surface area contributed by atoms with Crippen molar-refractivity contribution in [2.45, 2.75) is 53.1 Å². The van der Waals surface area contributed by atoms with E-state index in [2.05, 4.69) is 44.8 Å². The maximum absolute atomic E-state index is 11.7. The lowest BCUT2D eigenvalue weighted by Crippen LogP contribution is -2.65. The Morgan fingerprint density at radius 2 is 1.89 bits per heavy atom. The van der Waals surface area contributed by atoms with Gasteiger partial charge in [0.15, 0.2) is 9.84 Å². The zero-order valence-corrected chi connectivity index (χ0v) is 14.1. The summed E-state index contributed by atoms with van der Waals surface area (Å²) in [6.45, 7) is 15.2. The second-order valence-corrected chi connectivity index (χ2v) is 9.77. The Kier molecular flexibility index (Phi) is 5.08. The van der Waals surface area contributed by atoms with E-state index in [1.165, 1.54) is 0 Å². The quantitative estimate of drug-likeness (QED) is 0.853. The van der Waals surface area contributed by atoms with Crippen molar-refractivity contribution < 1.29 is 8.42 Å². The highest BCUT2D eigenvalue weighted by Crippen LogP contribution is 2.27. The standard InChI is InChI=1S/C14H30N2O2S/c1-7-19(17,18)9-8-16-10-12(13(2,3)4)15-11-14(16,5)6/h12,15H,7-11H2,1-6H3. The van der Waals surface area contributed by atoms with E-state index in [0.29, 0.717) is 12.6 Å². The molecule has 1 saturated heterocycles. The van der Waals surface area contributed by atoms with E-state index < -0.39 is 9.84 Å². The smallest absolute Gasteiger partial charge is 0.151 e. The molecule has 0 aromatic carbocycles. The molecule has 0 aliphatic carbocycles. The number of sulfone groups is 1. The molecule has 0 amide bonds. The van der Waals surface area contributed by atoms with Crippen LogP contribution in [0.15, 0.2) is 0 Å². The highest BCUT2D eigenvalue weighted by molar-refractivity contribution is 7.91. The van der Waals surface area contributed by atoms with Gasteiger partial charge in [-0.15, -0.1) is 0 Å². The van der Waals surface area contributed by atoms with Gasteiger partial charge in [0.2, 0.25) is 0 Å². The zero-order chi connectivity index (χ0) is 14.9. The summed E-state index contributed by atoms with van der Waals surface area (Å²) in [5, 5.41) is 3.60. The predicted molar refractivity (Wildman–Crippen MR) is 81.2 cm³/mol. The molecule has 1 N–H and O–H groups in total. The molecule has 1 unspecified atom stereocenters. The maximum atomic E-state index is 11.7. The maximum Gasteiger partial charge on any atom is 0.151 e. The summed E-state index contributed by atoms with van der Waals surface area (Å²) < 4.78 is 23.4. The Hall–Kier alpha value is -0.130. The third-order valence-corrected chi connectivity index (χ3v) is 5.88. The summed E-state index contributed by atoms with van der Waals surface area (Å²) in [6, 6.07) is 0.407. The topological polar surface area (TPSA) is 49.4 Å². The van der Waals surface area contributed by atoms with Gasteiger partial charge in [0.1, 0.15) is 0 Å². The van der Waals surface area contributed by atoms with Gasteiger partial charge in [-0.1, -0.05) is 27.7 Å². The van der Waals surface area contributed by atoms with Crippen molar-refractivity contribution in [3.05, 3.63) is 0 Å². The lowest BCUT2D eigenvalue weighted by Gasteiger charge is -2.49. The molecule has 0 spiro atoms. The summed E-state index contributed by atoms with van der Waals surface area (Å²) in [4.78, 5) is 2.33.